The summed E-state index contributed by atoms with van der Waals surface area (Å²) >= 11 is 0. The summed E-state index contributed by atoms with van der Waals surface area (Å²) in [5.41, 5.74) is 9.78. The Labute approximate surface area is 226 Å². The molecule has 1 aromatic heterocycles. The van der Waals surface area contributed by atoms with Crippen molar-refractivity contribution in [1.29, 1.82) is 0 Å². The van der Waals surface area contributed by atoms with Gasteiger partial charge < -0.3 is 20.9 Å². The van der Waals surface area contributed by atoms with Crippen LogP contribution in [0.4, 0.5) is 15.8 Å². The monoisotopic (exact) mass is 523 g/mol. The van der Waals surface area contributed by atoms with Crippen LogP contribution in [0.2, 0.25) is 0 Å². The molecule has 3 unspecified atom stereocenters. The molecule has 0 bridgehead atoms. The second-order valence-corrected chi connectivity index (χ2v) is 10.5. The van der Waals surface area contributed by atoms with Crippen LogP contribution in [0.5, 0.6) is 0 Å². The van der Waals surface area contributed by atoms with Gasteiger partial charge in [0.05, 0.1) is 24.0 Å². The Hall–Kier alpha value is -3.00. The summed E-state index contributed by atoms with van der Waals surface area (Å²) in [6.07, 6.45) is 11.5. The molecule has 2 aliphatic heterocycles. The van der Waals surface area contributed by atoms with Gasteiger partial charge >= 0.3 is 0 Å². The van der Waals surface area contributed by atoms with Gasteiger partial charge in [0.15, 0.2) is 0 Å². The number of hydrogen-bond donors (Lipinski definition) is 2. The molecule has 2 amide bonds. The van der Waals surface area contributed by atoms with E-state index in [-0.39, 0.29) is 29.6 Å². The summed E-state index contributed by atoms with van der Waals surface area (Å²) in [4.78, 5) is 35.1. The van der Waals surface area contributed by atoms with Gasteiger partial charge in [0, 0.05) is 25.0 Å². The fraction of sp³-hybridized carbons (Fsp3) is 0.567. The lowest BCUT2D eigenvalue weighted by molar-refractivity contribution is -0.139. The third-order valence-electron chi connectivity index (χ3n) is 8.01. The molecule has 1 saturated heterocycles. The number of nitrogens with two attached hydrogens (primary N) is 1. The lowest BCUT2D eigenvalue weighted by Gasteiger charge is -2.35. The average Bonchev–Trinajstić information content (AvgIpc) is 3.60. The SMILES string of the molecule is CC.CC(N)C(=O)NC(C(=O)N1CCCC1c1cncc(N2CCc3cc(F)ccc32)c1)C1CCCCC1. The number of rotatable bonds is 6. The van der Waals surface area contributed by atoms with Crippen LogP contribution < -0.4 is 16.0 Å². The molecule has 0 radical (unpaired) electrons. The number of aromatic nitrogens is 1. The zero-order valence-electron chi connectivity index (χ0n) is 23.0. The molecule has 8 heteroatoms. The molecule has 38 heavy (non-hydrogen) atoms. The Bertz CT molecular complexity index is 1120. The molecule has 1 aliphatic carbocycles. The quantitative estimate of drug-likeness (QED) is 0.555. The van der Waals surface area contributed by atoms with E-state index in [9.17, 15) is 14.0 Å². The molecule has 3 N–H and O–H groups in total. The van der Waals surface area contributed by atoms with Crippen LogP contribution in [0.1, 0.15) is 82.9 Å². The molecular formula is C30H42FN5O2. The molecular weight excluding hydrogens is 481 g/mol. The van der Waals surface area contributed by atoms with Gasteiger partial charge in [-0.05, 0) is 80.3 Å². The van der Waals surface area contributed by atoms with E-state index in [2.05, 4.69) is 21.3 Å². The molecule has 1 saturated carbocycles. The Morgan fingerprint density at radius 2 is 1.82 bits per heavy atom. The van der Waals surface area contributed by atoms with Crippen molar-refractivity contribution in [2.75, 3.05) is 18.0 Å². The van der Waals surface area contributed by atoms with Crippen molar-refractivity contribution in [1.82, 2.24) is 15.2 Å². The normalized spacial score (nSPS) is 20.8. The largest absolute Gasteiger partial charge is 0.343 e. The van der Waals surface area contributed by atoms with E-state index < -0.39 is 12.1 Å². The second kappa shape index (κ2) is 12.7. The number of nitrogens with one attached hydrogen (secondary N) is 1. The second-order valence-electron chi connectivity index (χ2n) is 10.5. The van der Waals surface area contributed by atoms with Crippen molar-refractivity contribution in [2.24, 2.45) is 11.7 Å². The first-order valence-electron chi connectivity index (χ1n) is 14.3. The topological polar surface area (TPSA) is 91.6 Å². The molecule has 206 valence electrons. The van der Waals surface area contributed by atoms with E-state index in [4.69, 9.17) is 5.73 Å². The zero-order chi connectivity index (χ0) is 27.2. The van der Waals surface area contributed by atoms with E-state index in [1.165, 1.54) is 12.5 Å². The summed E-state index contributed by atoms with van der Waals surface area (Å²) in [5, 5.41) is 3.00. The molecule has 3 atom stereocenters. The maximum Gasteiger partial charge on any atom is 0.245 e. The van der Waals surface area contributed by atoms with Crippen LogP contribution in [-0.2, 0) is 16.0 Å². The third kappa shape index (κ3) is 6.01. The Balaban J connectivity index is 0.00000164. The predicted molar refractivity (Wildman–Crippen MR) is 149 cm³/mol. The van der Waals surface area contributed by atoms with Gasteiger partial charge in [-0.1, -0.05) is 33.1 Å². The van der Waals surface area contributed by atoms with Crippen molar-refractivity contribution in [3.8, 4) is 0 Å². The molecule has 1 aromatic carbocycles. The number of hydrogen-bond acceptors (Lipinski definition) is 5. The van der Waals surface area contributed by atoms with E-state index in [0.717, 1.165) is 74.0 Å². The maximum absolute atomic E-state index is 13.9. The van der Waals surface area contributed by atoms with Crippen molar-refractivity contribution >= 4 is 23.2 Å². The Morgan fingerprint density at radius 3 is 2.55 bits per heavy atom. The minimum atomic E-state index is -0.657. The van der Waals surface area contributed by atoms with Gasteiger partial charge in [-0.2, -0.15) is 0 Å². The molecule has 5 rings (SSSR count). The van der Waals surface area contributed by atoms with Crippen LogP contribution in [0.15, 0.2) is 36.7 Å². The summed E-state index contributed by atoms with van der Waals surface area (Å²) in [6, 6.07) is 5.75. The third-order valence-corrected chi connectivity index (χ3v) is 8.01. The van der Waals surface area contributed by atoms with Gasteiger partial charge in [0.25, 0.3) is 0 Å². The van der Waals surface area contributed by atoms with Crippen LogP contribution in [0.25, 0.3) is 0 Å². The Kier molecular flexibility index (Phi) is 9.36. The number of anilines is 2. The number of likely N-dealkylation sites (tertiary alicyclic amines) is 1. The molecule has 7 nitrogen and oxygen atoms in total. The number of amides is 2. The number of benzene rings is 1. The fourth-order valence-corrected chi connectivity index (χ4v) is 6.10. The van der Waals surface area contributed by atoms with Crippen LogP contribution in [0, 0.1) is 11.7 Å². The first kappa shape index (κ1) is 28.0. The predicted octanol–water partition coefficient (Wildman–Crippen LogP) is 5.02. The minimum absolute atomic E-state index is 0.00852. The van der Waals surface area contributed by atoms with Crippen molar-refractivity contribution in [2.45, 2.75) is 90.3 Å². The van der Waals surface area contributed by atoms with Crippen molar-refractivity contribution in [3.05, 3.63) is 53.6 Å². The Morgan fingerprint density at radius 1 is 1.05 bits per heavy atom. The number of carbonyl (C=O) groups excluding carboxylic acids is 2. The van der Waals surface area contributed by atoms with Crippen molar-refractivity contribution in [3.63, 3.8) is 0 Å². The van der Waals surface area contributed by atoms with E-state index in [1.807, 2.05) is 37.2 Å². The van der Waals surface area contributed by atoms with Gasteiger partial charge in [-0.3, -0.25) is 14.6 Å². The highest BCUT2D eigenvalue weighted by Gasteiger charge is 2.39. The lowest BCUT2D eigenvalue weighted by atomic mass is 9.83. The minimum Gasteiger partial charge on any atom is -0.343 e. The fourth-order valence-electron chi connectivity index (χ4n) is 6.10. The summed E-state index contributed by atoms with van der Waals surface area (Å²) < 4.78 is 13.7. The first-order valence-corrected chi connectivity index (χ1v) is 14.3. The smallest absolute Gasteiger partial charge is 0.245 e. The van der Waals surface area contributed by atoms with Crippen LogP contribution in [0.3, 0.4) is 0 Å². The lowest BCUT2D eigenvalue weighted by Crippen LogP contribution is -2.55. The number of carbonyl (C=O) groups is 2. The standard InChI is InChI=1S/C28H36FN5O2.C2H6/c1-18(30)27(35)32-26(19-6-3-2-4-7-19)28(36)34-12-5-8-24(34)21-15-23(17-31-16-21)33-13-11-20-14-22(29)9-10-25(20)33;1-2/h9-10,14-19,24,26H,2-8,11-13,30H2,1H3,(H,32,35);1-2H3. The van der Waals surface area contributed by atoms with Crippen molar-refractivity contribution < 1.29 is 14.0 Å². The van der Waals surface area contributed by atoms with Gasteiger partial charge in [0.2, 0.25) is 11.8 Å². The number of fused-ring (bicyclic) bond motifs is 1. The highest BCUT2D eigenvalue weighted by Crippen LogP contribution is 2.39. The number of pyridine rings is 1. The van der Waals surface area contributed by atoms with Crippen LogP contribution >= 0.6 is 0 Å². The van der Waals surface area contributed by atoms with E-state index in [1.54, 1.807) is 13.0 Å². The van der Waals surface area contributed by atoms with Gasteiger partial charge in [0.1, 0.15) is 11.9 Å². The summed E-state index contributed by atoms with van der Waals surface area (Å²) in [5.74, 6) is -0.361. The number of nitrogens with zero attached hydrogens (tertiary/aromatic N) is 3. The maximum atomic E-state index is 13.9. The molecule has 2 aromatic rings. The van der Waals surface area contributed by atoms with Crippen LogP contribution in [-0.4, -0.2) is 46.9 Å². The van der Waals surface area contributed by atoms with Gasteiger partial charge in [-0.15, -0.1) is 0 Å². The van der Waals surface area contributed by atoms with Gasteiger partial charge in [-0.25, -0.2) is 4.39 Å². The molecule has 0 spiro atoms. The van der Waals surface area contributed by atoms with E-state index >= 15 is 0 Å². The molecule has 2 fully saturated rings. The number of halogens is 1. The highest BCUT2D eigenvalue weighted by molar-refractivity contribution is 5.90. The first-order chi connectivity index (χ1) is 18.4. The van der Waals surface area contributed by atoms with E-state index in [0.29, 0.717) is 6.54 Å². The molecule has 3 aliphatic rings. The molecule has 3 heterocycles. The summed E-state index contributed by atoms with van der Waals surface area (Å²) in [6.45, 7) is 7.08. The zero-order valence-corrected chi connectivity index (χ0v) is 23.0. The summed E-state index contributed by atoms with van der Waals surface area (Å²) in [7, 11) is 0. The highest BCUT2D eigenvalue weighted by atomic mass is 19.1. The average molecular weight is 524 g/mol.